The van der Waals surface area contributed by atoms with Crippen molar-refractivity contribution in [2.24, 2.45) is 13.0 Å². The minimum absolute atomic E-state index is 0.0876. The maximum atomic E-state index is 13.2. The average molecular weight is 435 g/mol. The van der Waals surface area contributed by atoms with Crippen LogP contribution in [0.3, 0.4) is 0 Å². The van der Waals surface area contributed by atoms with E-state index in [0.717, 1.165) is 17.9 Å². The fourth-order valence-electron chi connectivity index (χ4n) is 3.32. The maximum absolute atomic E-state index is 13.2. The van der Waals surface area contributed by atoms with Crippen molar-refractivity contribution < 1.29 is 39.6 Å². The van der Waals surface area contributed by atoms with Gasteiger partial charge in [-0.2, -0.15) is 31.4 Å². The van der Waals surface area contributed by atoms with E-state index in [1.54, 1.807) is 0 Å². The Morgan fingerprint density at radius 1 is 1.11 bits per heavy atom. The summed E-state index contributed by atoms with van der Waals surface area (Å²) in [6.45, 7) is 1.81. The number of sulfone groups is 1. The zero-order chi connectivity index (χ0) is 21.7. The highest BCUT2D eigenvalue weighted by Gasteiger charge is 2.50. The Morgan fingerprint density at radius 2 is 1.61 bits per heavy atom. The van der Waals surface area contributed by atoms with Crippen molar-refractivity contribution in [3.63, 3.8) is 0 Å². The lowest BCUT2D eigenvalue weighted by molar-refractivity contribution is -0.186. The van der Waals surface area contributed by atoms with E-state index in [-0.39, 0.29) is 25.9 Å². The number of aryl methyl sites for hydroxylation is 1. The van der Waals surface area contributed by atoms with Crippen LogP contribution in [0.25, 0.3) is 0 Å². The number of piperidine rings is 1. The number of halogens is 6. The summed E-state index contributed by atoms with van der Waals surface area (Å²) in [5, 5.41) is 3.20. The van der Waals surface area contributed by atoms with Gasteiger partial charge in [0.05, 0.1) is 4.75 Å². The third kappa shape index (κ3) is 3.98. The summed E-state index contributed by atoms with van der Waals surface area (Å²) >= 11 is 0. The van der Waals surface area contributed by atoms with Crippen LogP contribution in [0.2, 0.25) is 0 Å². The van der Waals surface area contributed by atoms with Gasteiger partial charge in [-0.05, 0) is 32.6 Å². The zero-order valence-electron chi connectivity index (χ0n) is 15.2. The Hall–Kier alpha value is -1.79. The van der Waals surface area contributed by atoms with E-state index in [1.165, 1.54) is 13.8 Å². The smallest absolute Gasteiger partial charge is 0.335 e. The maximum Gasteiger partial charge on any atom is 0.471 e. The van der Waals surface area contributed by atoms with Gasteiger partial charge in [0.15, 0.2) is 15.5 Å². The molecule has 1 aliphatic rings. The fourth-order valence-corrected chi connectivity index (χ4v) is 5.26. The van der Waals surface area contributed by atoms with Crippen LogP contribution >= 0.6 is 0 Å². The van der Waals surface area contributed by atoms with Crippen LogP contribution in [0.15, 0.2) is 11.1 Å². The van der Waals surface area contributed by atoms with Gasteiger partial charge in [0.25, 0.3) is 0 Å². The summed E-state index contributed by atoms with van der Waals surface area (Å²) in [5.74, 6) is -2.76. The van der Waals surface area contributed by atoms with Crippen molar-refractivity contribution in [2.45, 2.75) is 48.7 Å². The van der Waals surface area contributed by atoms with E-state index in [4.69, 9.17) is 0 Å². The molecule has 0 radical (unpaired) electrons. The molecule has 0 unspecified atom stereocenters. The number of hydrogen-bond donors (Lipinski definition) is 0. The molecule has 1 amide bonds. The lowest BCUT2D eigenvalue weighted by atomic mass is 9.86. The van der Waals surface area contributed by atoms with Gasteiger partial charge in [-0.25, -0.2) is 8.42 Å². The van der Waals surface area contributed by atoms with E-state index in [0.29, 0.717) is 4.90 Å². The predicted octanol–water partition coefficient (Wildman–Crippen LogP) is 2.79. The van der Waals surface area contributed by atoms with E-state index in [9.17, 15) is 39.6 Å². The molecule has 160 valence electrons. The Kier molecular flexibility index (Phi) is 5.56. The second-order valence-corrected chi connectivity index (χ2v) is 9.68. The number of hydrogen-bond acceptors (Lipinski definition) is 4. The molecule has 2 rings (SSSR count). The number of rotatable bonds is 3. The van der Waals surface area contributed by atoms with Gasteiger partial charge < -0.3 is 4.90 Å². The van der Waals surface area contributed by atoms with Crippen LogP contribution in [0, 0.1) is 5.92 Å². The van der Waals surface area contributed by atoms with Crippen molar-refractivity contribution in [3.05, 3.63) is 11.9 Å². The van der Waals surface area contributed by atoms with Crippen molar-refractivity contribution in [2.75, 3.05) is 13.1 Å². The molecule has 0 aromatic carbocycles. The first kappa shape index (κ1) is 22.5. The second-order valence-electron chi connectivity index (χ2n) is 7.18. The molecule has 0 aliphatic carbocycles. The summed E-state index contributed by atoms with van der Waals surface area (Å²) in [7, 11) is -3.37. The molecule has 0 atom stereocenters. The number of amides is 1. The first-order valence-corrected chi connectivity index (χ1v) is 9.69. The lowest BCUT2D eigenvalue weighted by Gasteiger charge is -2.40. The van der Waals surface area contributed by atoms with Gasteiger partial charge >= 0.3 is 18.3 Å². The molecule has 1 fully saturated rings. The van der Waals surface area contributed by atoms with Crippen LogP contribution in [0.4, 0.5) is 26.3 Å². The highest BCUT2D eigenvalue weighted by Crippen LogP contribution is 2.42. The van der Waals surface area contributed by atoms with Gasteiger partial charge in [0, 0.05) is 26.3 Å². The third-order valence-corrected chi connectivity index (χ3v) is 7.65. The van der Waals surface area contributed by atoms with Crippen LogP contribution in [0.5, 0.6) is 0 Å². The zero-order valence-corrected chi connectivity index (χ0v) is 16.0. The van der Waals surface area contributed by atoms with Crippen LogP contribution < -0.4 is 0 Å². The molecule has 0 bridgehead atoms. The first-order chi connectivity index (χ1) is 12.5. The topological polar surface area (TPSA) is 72.3 Å². The number of carbonyl (C=O) groups excluding carboxylic acids is 1. The van der Waals surface area contributed by atoms with E-state index < -0.39 is 49.4 Å². The van der Waals surface area contributed by atoms with Gasteiger partial charge in [-0.3, -0.25) is 9.48 Å². The van der Waals surface area contributed by atoms with E-state index >= 15 is 0 Å². The lowest BCUT2D eigenvalue weighted by Crippen LogP contribution is -2.50. The third-order valence-electron chi connectivity index (χ3n) is 5.05. The molecule has 6 nitrogen and oxygen atoms in total. The quantitative estimate of drug-likeness (QED) is 0.685. The molecular formula is C15H19F6N3O3S. The summed E-state index contributed by atoms with van der Waals surface area (Å²) in [5.41, 5.74) is -1.53. The molecule has 0 spiro atoms. The van der Waals surface area contributed by atoms with Crippen molar-refractivity contribution in [3.8, 4) is 0 Å². The van der Waals surface area contributed by atoms with Crippen LogP contribution in [-0.4, -0.2) is 53.0 Å². The molecule has 28 heavy (non-hydrogen) atoms. The molecule has 1 aromatic rings. The Bertz CT molecular complexity index is 849. The molecule has 13 heteroatoms. The van der Waals surface area contributed by atoms with Gasteiger partial charge in [0.2, 0.25) is 0 Å². The van der Waals surface area contributed by atoms with Crippen LogP contribution in [0.1, 0.15) is 32.4 Å². The van der Waals surface area contributed by atoms with Gasteiger partial charge in [0.1, 0.15) is 4.90 Å². The minimum atomic E-state index is -5.04. The summed E-state index contributed by atoms with van der Waals surface area (Å²) in [6, 6.07) is 0. The fraction of sp³-hybridized carbons (Fsp3) is 0.733. The van der Waals surface area contributed by atoms with Crippen molar-refractivity contribution in [1.82, 2.24) is 14.7 Å². The largest absolute Gasteiger partial charge is 0.471 e. The SMILES string of the molecule is Cn1cc(S(=O)(=O)C(C)(C)C2CCN(C(=O)C(F)(F)F)CC2)c(C(F)(F)F)n1. The molecule has 1 saturated heterocycles. The molecule has 1 aliphatic heterocycles. The van der Waals surface area contributed by atoms with E-state index in [2.05, 4.69) is 5.10 Å². The number of alkyl halides is 6. The van der Waals surface area contributed by atoms with Crippen molar-refractivity contribution in [1.29, 1.82) is 0 Å². The molecule has 2 heterocycles. The number of nitrogens with zero attached hydrogens (tertiary/aromatic N) is 3. The standard InChI is InChI=1S/C15H19F6N3O3S/c1-13(2,9-4-6-24(7-5-9)12(25)15(19,20)21)28(26,27)10-8-23(3)22-11(10)14(16,17)18/h8-9H,4-7H2,1-3H3. The van der Waals surface area contributed by atoms with Crippen LogP contribution in [-0.2, 0) is 27.9 Å². The monoisotopic (exact) mass is 435 g/mol. The second kappa shape index (κ2) is 6.92. The molecular weight excluding hydrogens is 416 g/mol. The van der Waals surface area contributed by atoms with Gasteiger partial charge in [-0.15, -0.1) is 0 Å². The summed E-state index contributed by atoms with van der Waals surface area (Å²) in [4.78, 5) is 10.9. The first-order valence-electron chi connectivity index (χ1n) is 8.21. The summed E-state index contributed by atoms with van der Waals surface area (Å²) < 4.78 is 102. The van der Waals surface area contributed by atoms with Crippen molar-refractivity contribution >= 4 is 15.7 Å². The summed E-state index contributed by atoms with van der Waals surface area (Å²) in [6.07, 6.45) is -9.43. The number of carbonyl (C=O) groups is 1. The molecule has 0 N–H and O–H groups in total. The molecule has 0 saturated carbocycles. The number of aromatic nitrogens is 2. The average Bonchev–Trinajstić information content (AvgIpc) is 2.96. The highest BCUT2D eigenvalue weighted by atomic mass is 32.2. The highest BCUT2D eigenvalue weighted by molar-refractivity contribution is 7.92. The molecule has 1 aromatic heterocycles. The van der Waals surface area contributed by atoms with E-state index in [1.807, 2.05) is 0 Å². The van der Waals surface area contributed by atoms with Gasteiger partial charge in [-0.1, -0.05) is 0 Å². The predicted molar refractivity (Wildman–Crippen MR) is 84.8 cm³/mol. The Balaban J connectivity index is 2.30. The Labute approximate surface area is 157 Å². The Morgan fingerprint density at radius 3 is 2.04 bits per heavy atom. The minimum Gasteiger partial charge on any atom is -0.335 e. The normalized spacial score (nSPS) is 17.8. The number of likely N-dealkylation sites (tertiary alicyclic amines) is 1.